The first-order valence-corrected chi connectivity index (χ1v) is 8.77. The quantitative estimate of drug-likeness (QED) is 0.532. The van der Waals surface area contributed by atoms with Crippen LogP contribution in [0.25, 0.3) is 12.2 Å². The van der Waals surface area contributed by atoms with Gasteiger partial charge in [0.25, 0.3) is 17.2 Å². The third-order valence-corrected chi connectivity index (χ3v) is 4.63. The van der Waals surface area contributed by atoms with Crippen molar-refractivity contribution in [3.8, 4) is 0 Å². The monoisotopic (exact) mass is 381 g/mol. The number of carbonyl (C=O) groups excluding carboxylic acids is 1. The number of nitrogens with one attached hydrogen (secondary N) is 2. The molecule has 1 aromatic heterocycles. The van der Waals surface area contributed by atoms with Gasteiger partial charge in [0.1, 0.15) is 4.66 Å². The number of anilines is 1. The maximum atomic E-state index is 12.1. The molecule has 0 saturated carbocycles. The molecule has 0 aliphatic carbocycles. The zero-order chi connectivity index (χ0) is 19.4. The number of nitro benzene ring substituents is 1. The summed E-state index contributed by atoms with van der Waals surface area (Å²) in [4.78, 5) is 37.0. The largest absolute Gasteiger partial charge is 0.322 e. The van der Waals surface area contributed by atoms with Crippen LogP contribution in [-0.4, -0.2) is 15.8 Å². The predicted molar refractivity (Wildman–Crippen MR) is 105 cm³/mol. The molecule has 0 fully saturated rings. The second-order valence-corrected chi connectivity index (χ2v) is 6.86. The van der Waals surface area contributed by atoms with E-state index in [-0.39, 0.29) is 17.2 Å². The van der Waals surface area contributed by atoms with Crippen LogP contribution in [0.3, 0.4) is 0 Å². The summed E-state index contributed by atoms with van der Waals surface area (Å²) in [5.41, 5.74) is 2.06. The van der Waals surface area contributed by atoms with Gasteiger partial charge in [-0.25, -0.2) is 0 Å². The van der Waals surface area contributed by atoms with Crippen LogP contribution in [0.4, 0.5) is 11.4 Å². The minimum Gasteiger partial charge on any atom is -0.322 e. The van der Waals surface area contributed by atoms with E-state index >= 15 is 0 Å². The van der Waals surface area contributed by atoms with Crippen LogP contribution in [-0.2, 0) is 4.79 Å². The van der Waals surface area contributed by atoms with Gasteiger partial charge in [0, 0.05) is 23.9 Å². The van der Waals surface area contributed by atoms with Gasteiger partial charge in [-0.15, -0.1) is 11.3 Å². The predicted octanol–water partition coefficient (Wildman–Crippen LogP) is 1.90. The van der Waals surface area contributed by atoms with Crippen molar-refractivity contribution >= 4 is 40.8 Å². The van der Waals surface area contributed by atoms with Crippen molar-refractivity contribution < 1.29 is 9.72 Å². The summed E-state index contributed by atoms with van der Waals surface area (Å²) in [6.45, 7) is 1.96. The Bertz CT molecular complexity index is 1160. The lowest BCUT2D eigenvalue weighted by Crippen LogP contribution is -2.20. The van der Waals surface area contributed by atoms with E-state index in [1.54, 1.807) is 30.3 Å². The molecule has 27 heavy (non-hydrogen) atoms. The first kappa shape index (κ1) is 18.3. The van der Waals surface area contributed by atoms with E-state index in [9.17, 15) is 19.7 Å². The van der Waals surface area contributed by atoms with Crippen molar-refractivity contribution in [2.45, 2.75) is 6.92 Å². The van der Waals surface area contributed by atoms with E-state index in [0.717, 1.165) is 16.9 Å². The van der Waals surface area contributed by atoms with Crippen molar-refractivity contribution in [2.24, 2.45) is 0 Å². The Morgan fingerprint density at radius 3 is 2.44 bits per heavy atom. The van der Waals surface area contributed by atoms with Crippen LogP contribution in [0, 0.1) is 17.0 Å². The first-order chi connectivity index (χ1) is 12.9. The molecule has 0 unspecified atom stereocenters. The third-order valence-electron chi connectivity index (χ3n) is 3.66. The number of rotatable bonds is 4. The topological polar surface area (TPSA) is 105 Å². The second-order valence-electron chi connectivity index (χ2n) is 5.78. The normalized spacial score (nSPS) is 12.2. The zero-order valence-corrected chi connectivity index (χ0v) is 15.1. The van der Waals surface area contributed by atoms with E-state index in [0.29, 0.717) is 20.4 Å². The molecule has 0 bridgehead atoms. The summed E-state index contributed by atoms with van der Waals surface area (Å²) >= 11 is 1.13. The molecule has 8 heteroatoms. The highest BCUT2D eigenvalue weighted by atomic mass is 32.1. The lowest BCUT2D eigenvalue weighted by molar-refractivity contribution is -0.384. The number of carbonyl (C=O) groups is 1. The van der Waals surface area contributed by atoms with Gasteiger partial charge in [-0.1, -0.05) is 17.7 Å². The standard InChI is InChI=1S/C19H15N3O4S/c1-12-2-6-14(7-3-12)20-17(23)11-18-21-19(24)16(27-18)10-13-4-8-15(9-5-13)22(25)26/h2-11H,1H3,(H,20,23)(H,21,24)/b16-10+,18-11+. The fraction of sp³-hybridized carbons (Fsp3) is 0.0526. The van der Waals surface area contributed by atoms with Crippen LogP contribution in [0.2, 0.25) is 0 Å². The number of hydrogen-bond donors (Lipinski definition) is 2. The molecule has 0 spiro atoms. The van der Waals surface area contributed by atoms with Crippen LogP contribution in [0.1, 0.15) is 11.1 Å². The number of aromatic amines is 1. The summed E-state index contributed by atoms with van der Waals surface area (Å²) in [5, 5.41) is 13.4. The number of non-ortho nitro benzene ring substituents is 1. The number of H-pyrrole nitrogens is 1. The molecule has 1 heterocycles. The molecule has 1 amide bonds. The molecule has 2 aromatic carbocycles. The summed E-state index contributed by atoms with van der Waals surface area (Å²) in [7, 11) is 0. The smallest absolute Gasteiger partial charge is 0.269 e. The maximum absolute atomic E-state index is 12.1. The molecule has 0 radical (unpaired) electrons. The van der Waals surface area contributed by atoms with Gasteiger partial charge in [0.2, 0.25) is 0 Å². The minimum atomic E-state index is -0.485. The van der Waals surface area contributed by atoms with Crippen molar-refractivity contribution in [3.63, 3.8) is 0 Å². The first-order valence-electron chi connectivity index (χ1n) is 7.95. The molecule has 7 nitrogen and oxygen atoms in total. The number of aromatic nitrogens is 1. The summed E-state index contributed by atoms with van der Waals surface area (Å²) < 4.78 is 0.816. The van der Waals surface area contributed by atoms with Gasteiger partial charge >= 0.3 is 0 Å². The lowest BCUT2D eigenvalue weighted by Gasteiger charge is -2.01. The molecule has 0 aliphatic heterocycles. The Morgan fingerprint density at radius 2 is 1.81 bits per heavy atom. The van der Waals surface area contributed by atoms with Crippen molar-refractivity contribution in [2.75, 3.05) is 5.32 Å². The van der Waals surface area contributed by atoms with Crippen LogP contribution < -0.4 is 20.1 Å². The zero-order valence-electron chi connectivity index (χ0n) is 14.3. The molecule has 2 N–H and O–H groups in total. The lowest BCUT2D eigenvalue weighted by atomic mass is 10.2. The van der Waals surface area contributed by atoms with Crippen molar-refractivity contribution in [3.05, 3.63) is 89.3 Å². The molecule has 0 saturated heterocycles. The Balaban J connectivity index is 1.83. The van der Waals surface area contributed by atoms with Gasteiger partial charge in [-0.05, 0) is 42.8 Å². The highest BCUT2D eigenvalue weighted by molar-refractivity contribution is 7.07. The number of nitrogens with zero attached hydrogens (tertiary/aromatic N) is 1. The molecule has 3 aromatic rings. The highest BCUT2D eigenvalue weighted by Crippen LogP contribution is 2.12. The van der Waals surface area contributed by atoms with Gasteiger partial charge in [-0.3, -0.25) is 19.7 Å². The second kappa shape index (κ2) is 7.79. The van der Waals surface area contributed by atoms with Gasteiger partial charge in [0.15, 0.2) is 0 Å². The SMILES string of the molecule is Cc1ccc(NC(=O)/C=c2\[nH]c(=O)/c(=C\c3ccc([N+](=O)[O-])cc3)s2)cc1. The molecule has 136 valence electrons. The number of aryl methyl sites for hydroxylation is 1. The van der Waals surface area contributed by atoms with E-state index in [1.807, 2.05) is 19.1 Å². The molecule has 3 rings (SSSR count). The number of amides is 1. The van der Waals surface area contributed by atoms with Crippen LogP contribution >= 0.6 is 11.3 Å². The fourth-order valence-electron chi connectivity index (χ4n) is 2.30. The Hall–Kier alpha value is -3.52. The van der Waals surface area contributed by atoms with Crippen molar-refractivity contribution in [1.29, 1.82) is 0 Å². The Morgan fingerprint density at radius 1 is 1.15 bits per heavy atom. The average molecular weight is 381 g/mol. The number of thiazole rings is 1. The molecule has 0 aliphatic rings. The number of hydrogen-bond acceptors (Lipinski definition) is 5. The highest BCUT2D eigenvalue weighted by Gasteiger charge is 2.04. The van der Waals surface area contributed by atoms with E-state index in [4.69, 9.17) is 0 Å². The minimum absolute atomic E-state index is 0.0194. The van der Waals surface area contributed by atoms with Crippen LogP contribution in [0.5, 0.6) is 0 Å². The summed E-state index contributed by atoms with van der Waals surface area (Å²) in [6, 6.07) is 13.2. The van der Waals surface area contributed by atoms with E-state index in [2.05, 4.69) is 10.3 Å². The number of benzene rings is 2. The molecular weight excluding hydrogens is 366 g/mol. The van der Waals surface area contributed by atoms with Gasteiger partial charge in [0.05, 0.1) is 9.46 Å². The third kappa shape index (κ3) is 4.77. The number of nitro groups is 1. The molecule has 0 atom stereocenters. The van der Waals surface area contributed by atoms with E-state index < -0.39 is 4.92 Å². The van der Waals surface area contributed by atoms with Gasteiger partial charge < -0.3 is 10.3 Å². The molecular formula is C19H15N3O4S. The summed E-state index contributed by atoms with van der Waals surface area (Å²) in [5.74, 6) is -0.349. The van der Waals surface area contributed by atoms with E-state index in [1.165, 1.54) is 18.2 Å². The summed E-state index contributed by atoms with van der Waals surface area (Å²) in [6.07, 6.45) is 2.93. The Labute approximate surface area is 157 Å². The Kier molecular flexibility index (Phi) is 5.28. The fourth-order valence-corrected chi connectivity index (χ4v) is 3.19. The van der Waals surface area contributed by atoms with Crippen molar-refractivity contribution in [1.82, 2.24) is 4.98 Å². The maximum Gasteiger partial charge on any atom is 0.269 e. The average Bonchev–Trinajstić information content (AvgIpc) is 2.96. The van der Waals surface area contributed by atoms with Crippen LogP contribution in [0.15, 0.2) is 53.3 Å². The van der Waals surface area contributed by atoms with Gasteiger partial charge in [-0.2, -0.15) is 0 Å².